The molecule has 2 aliphatic rings. The molecule has 2 unspecified atom stereocenters. The highest BCUT2D eigenvalue weighted by molar-refractivity contribution is 7.91. The molecule has 7 nitrogen and oxygen atoms in total. The van der Waals surface area contributed by atoms with Gasteiger partial charge < -0.3 is 10.1 Å². The average molecular weight is 376 g/mol. The third-order valence-electron chi connectivity index (χ3n) is 4.55. The molecule has 1 saturated heterocycles. The Morgan fingerprint density at radius 3 is 2.60 bits per heavy atom. The maximum atomic E-state index is 12.6. The summed E-state index contributed by atoms with van der Waals surface area (Å²) >= 11 is 0. The van der Waals surface area contributed by atoms with E-state index in [9.17, 15) is 27.3 Å². The van der Waals surface area contributed by atoms with Gasteiger partial charge in [0.25, 0.3) is 5.69 Å². The van der Waals surface area contributed by atoms with Crippen LogP contribution in [0.3, 0.4) is 0 Å². The Morgan fingerprint density at radius 2 is 2.00 bits per heavy atom. The molecule has 0 bridgehead atoms. The number of nitro benzene ring substituents is 1. The third kappa shape index (κ3) is 3.90. The van der Waals surface area contributed by atoms with Crippen molar-refractivity contribution in [3.8, 4) is 0 Å². The number of ether oxygens (including phenoxy) is 1. The van der Waals surface area contributed by atoms with Crippen molar-refractivity contribution in [3.05, 3.63) is 28.3 Å². The highest BCUT2D eigenvalue weighted by atomic mass is 32.2. The van der Waals surface area contributed by atoms with Gasteiger partial charge in [-0.1, -0.05) is 0 Å². The number of nitrogens with one attached hydrogen (secondary N) is 1. The van der Waals surface area contributed by atoms with Crippen molar-refractivity contribution >= 4 is 21.2 Å². The molecule has 10 heteroatoms. The SMILES string of the molecule is O=[N+]([O-])c1cc(S(=O)(=O)C(F)F)ccc1NC1CCOC(C2CC2)C1. The molecule has 25 heavy (non-hydrogen) atoms. The molecule has 1 aliphatic heterocycles. The molecule has 2 atom stereocenters. The molecular formula is C15H18F2N2O5S. The monoisotopic (exact) mass is 376 g/mol. The quantitative estimate of drug-likeness (QED) is 0.605. The molecule has 138 valence electrons. The maximum Gasteiger partial charge on any atom is 0.341 e. The van der Waals surface area contributed by atoms with Gasteiger partial charge in [-0.15, -0.1) is 0 Å². The summed E-state index contributed by atoms with van der Waals surface area (Å²) in [6.07, 6.45) is 3.75. The van der Waals surface area contributed by atoms with Crippen LogP contribution >= 0.6 is 0 Å². The second kappa shape index (κ2) is 6.83. The minimum atomic E-state index is -4.88. The number of benzene rings is 1. The van der Waals surface area contributed by atoms with Gasteiger partial charge in [-0.25, -0.2) is 8.42 Å². The van der Waals surface area contributed by atoms with E-state index in [0.29, 0.717) is 31.4 Å². The number of hydrogen-bond acceptors (Lipinski definition) is 6. The van der Waals surface area contributed by atoms with Crippen LogP contribution in [-0.4, -0.2) is 37.9 Å². The summed E-state index contributed by atoms with van der Waals surface area (Å²) < 4.78 is 54.0. The molecule has 0 radical (unpaired) electrons. The fourth-order valence-electron chi connectivity index (χ4n) is 3.04. The van der Waals surface area contributed by atoms with E-state index < -0.39 is 31.1 Å². The zero-order valence-electron chi connectivity index (χ0n) is 13.2. The first-order valence-corrected chi connectivity index (χ1v) is 9.52. The molecule has 0 aromatic heterocycles. The molecule has 3 rings (SSSR count). The first-order chi connectivity index (χ1) is 11.8. The van der Waals surface area contributed by atoms with Crippen molar-refractivity contribution in [2.75, 3.05) is 11.9 Å². The normalized spacial score (nSPS) is 24.3. The van der Waals surface area contributed by atoms with E-state index in [1.54, 1.807) is 0 Å². The van der Waals surface area contributed by atoms with Crippen LogP contribution in [0.2, 0.25) is 0 Å². The number of hydrogen-bond donors (Lipinski definition) is 1. The van der Waals surface area contributed by atoms with Crippen LogP contribution in [0.1, 0.15) is 25.7 Å². The summed E-state index contributed by atoms with van der Waals surface area (Å²) in [6.45, 7) is 0.546. The zero-order chi connectivity index (χ0) is 18.2. The first-order valence-electron chi connectivity index (χ1n) is 7.97. The molecule has 0 amide bonds. The minimum Gasteiger partial charge on any atom is -0.378 e. The predicted octanol–water partition coefficient (Wildman–Crippen LogP) is 2.96. The number of nitrogens with zero attached hydrogens (tertiary/aromatic N) is 1. The number of sulfone groups is 1. The Kier molecular flexibility index (Phi) is 4.92. The largest absolute Gasteiger partial charge is 0.378 e. The van der Waals surface area contributed by atoms with E-state index in [1.165, 1.54) is 6.07 Å². The fourth-order valence-corrected chi connectivity index (χ4v) is 3.78. The summed E-state index contributed by atoms with van der Waals surface area (Å²) in [6, 6.07) is 2.78. The fraction of sp³-hybridized carbons (Fsp3) is 0.600. The van der Waals surface area contributed by atoms with Crippen molar-refractivity contribution in [1.29, 1.82) is 0 Å². The van der Waals surface area contributed by atoms with E-state index in [4.69, 9.17) is 4.74 Å². The summed E-state index contributed by atoms with van der Waals surface area (Å²) in [4.78, 5) is 9.72. The molecule has 1 saturated carbocycles. The van der Waals surface area contributed by atoms with Gasteiger partial charge >= 0.3 is 5.76 Å². The van der Waals surface area contributed by atoms with Crippen LogP contribution in [0.5, 0.6) is 0 Å². The van der Waals surface area contributed by atoms with Crippen LogP contribution in [0.25, 0.3) is 0 Å². The lowest BCUT2D eigenvalue weighted by molar-refractivity contribution is -0.384. The van der Waals surface area contributed by atoms with Gasteiger partial charge in [-0.05, 0) is 43.7 Å². The standard InChI is InChI=1S/C15H18F2N2O5S/c16-15(17)25(22,23)11-3-4-12(13(8-11)19(20)21)18-10-5-6-24-14(7-10)9-1-2-9/h3-4,8-10,14-15,18H,1-2,5-7H2. The Morgan fingerprint density at radius 1 is 1.28 bits per heavy atom. The summed E-state index contributed by atoms with van der Waals surface area (Å²) in [7, 11) is -4.88. The van der Waals surface area contributed by atoms with Crippen molar-refractivity contribution in [2.45, 2.75) is 48.5 Å². The van der Waals surface area contributed by atoms with Crippen molar-refractivity contribution in [2.24, 2.45) is 5.92 Å². The van der Waals surface area contributed by atoms with Crippen molar-refractivity contribution in [1.82, 2.24) is 0 Å². The number of rotatable bonds is 6. The second-order valence-corrected chi connectivity index (χ2v) is 8.27. The van der Waals surface area contributed by atoms with Crippen LogP contribution in [0.15, 0.2) is 23.1 Å². The molecule has 1 aliphatic carbocycles. The van der Waals surface area contributed by atoms with Crippen LogP contribution in [-0.2, 0) is 14.6 Å². The van der Waals surface area contributed by atoms with Crippen LogP contribution < -0.4 is 5.32 Å². The molecule has 1 heterocycles. The lowest BCUT2D eigenvalue weighted by Crippen LogP contribution is -2.35. The highest BCUT2D eigenvalue weighted by Crippen LogP contribution is 2.39. The smallest absolute Gasteiger partial charge is 0.341 e. The topological polar surface area (TPSA) is 98.5 Å². The summed E-state index contributed by atoms with van der Waals surface area (Å²) in [5.74, 6) is -3.08. The third-order valence-corrected chi connectivity index (χ3v) is 5.93. The average Bonchev–Trinajstić information content (AvgIpc) is 3.40. The van der Waals surface area contributed by atoms with Gasteiger partial charge in [0.1, 0.15) is 5.69 Å². The van der Waals surface area contributed by atoms with E-state index in [0.717, 1.165) is 18.9 Å². The molecule has 1 N–H and O–H groups in total. The van der Waals surface area contributed by atoms with Crippen LogP contribution in [0.4, 0.5) is 20.2 Å². The lowest BCUT2D eigenvalue weighted by atomic mass is 9.99. The van der Waals surface area contributed by atoms with Crippen LogP contribution in [0, 0.1) is 16.0 Å². The molecule has 1 aromatic carbocycles. The van der Waals surface area contributed by atoms with Gasteiger partial charge in [-0.2, -0.15) is 8.78 Å². The van der Waals surface area contributed by atoms with Crippen molar-refractivity contribution < 1.29 is 26.9 Å². The van der Waals surface area contributed by atoms with Gasteiger partial charge in [-0.3, -0.25) is 10.1 Å². The number of nitro groups is 1. The molecule has 2 fully saturated rings. The van der Waals surface area contributed by atoms with Gasteiger partial charge in [0.05, 0.1) is 15.9 Å². The number of alkyl halides is 2. The molecule has 1 aromatic rings. The maximum absolute atomic E-state index is 12.6. The van der Waals surface area contributed by atoms with Gasteiger partial charge in [0, 0.05) is 18.7 Å². The van der Waals surface area contributed by atoms with E-state index in [1.807, 2.05) is 0 Å². The van der Waals surface area contributed by atoms with Gasteiger partial charge in [0.15, 0.2) is 0 Å². The Balaban J connectivity index is 1.82. The Hall–Kier alpha value is -1.81. The van der Waals surface area contributed by atoms with Gasteiger partial charge in [0.2, 0.25) is 9.84 Å². The minimum absolute atomic E-state index is 0.0457. The van der Waals surface area contributed by atoms with E-state index >= 15 is 0 Å². The first kappa shape index (κ1) is 18.0. The summed E-state index contributed by atoms with van der Waals surface area (Å²) in [5.41, 5.74) is -0.407. The number of halogens is 2. The number of anilines is 1. The molecular weight excluding hydrogens is 358 g/mol. The lowest BCUT2D eigenvalue weighted by Gasteiger charge is -2.30. The predicted molar refractivity (Wildman–Crippen MR) is 85.4 cm³/mol. The second-order valence-electron chi connectivity index (χ2n) is 6.35. The van der Waals surface area contributed by atoms with E-state index in [-0.39, 0.29) is 17.8 Å². The highest BCUT2D eigenvalue weighted by Gasteiger charge is 2.36. The summed E-state index contributed by atoms with van der Waals surface area (Å²) in [5, 5.41) is 14.3. The zero-order valence-corrected chi connectivity index (χ0v) is 14.0. The van der Waals surface area contributed by atoms with Crippen molar-refractivity contribution in [3.63, 3.8) is 0 Å². The Bertz CT molecular complexity index is 767. The van der Waals surface area contributed by atoms with E-state index in [2.05, 4.69) is 5.32 Å². The Labute approximate surface area is 143 Å². The molecule has 0 spiro atoms.